The quantitative estimate of drug-likeness (QED) is 0.177. The van der Waals surface area contributed by atoms with Crippen molar-refractivity contribution in [2.24, 2.45) is 0 Å². The molecule has 1 aromatic heterocycles. The molecule has 3 rings (SSSR count). The van der Waals surface area contributed by atoms with E-state index in [9.17, 15) is 4.79 Å². The lowest BCUT2D eigenvalue weighted by Gasteiger charge is -2.42. The first-order valence-electron chi connectivity index (χ1n) is 13.5. The maximum Gasteiger partial charge on any atom is 0.355 e. The normalized spacial score (nSPS) is 12.7. The van der Waals surface area contributed by atoms with Gasteiger partial charge in [0.15, 0.2) is 0 Å². The summed E-state index contributed by atoms with van der Waals surface area (Å²) in [4.78, 5) is 15.9. The van der Waals surface area contributed by atoms with E-state index in [0.29, 0.717) is 34.7 Å². The fraction of sp³-hybridized carbons (Fsp3) is 0.452. The SMILES string of the molecule is COC[C@H](C)Oc1cc(O[Si](C(C)C)(C(C)C)C(C)C)cc(-c2ccc(C(=O)OCc3ccccc3)[nH]2)c1. The van der Waals surface area contributed by atoms with Gasteiger partial charge in [-0.3, -0.25) is 0 Å². The van der Waals surface area contributed by atoms with E-state index in [0.717, 1.165) is 22.6 Å². The summed E-state index contributed by atoms with van der Waals surface area (Å²) in [6, 6.07) is 19.3. The number of aromatic amines is 1. The molecule has 6 nitrogen and oxygen atoms in total. The zero-order chi connectivity index (χ0) is 27.9. The Kier molecular flexibility index (Phi) is 10.2. The number of benzene rings is 2. The number of aromatic nitrogens is 1. The number of H-pyrrole nitrogens is 1. The van der Waals surface area contributed by atoms with Crippen LogP contribution in [0.4, 0.5) is 0 Å². The van der Waals surface area contributed by atoms with E-state index < -0.39 is 14.3 Å². The first kappa shape index (κ1) is 29.5. The number of carbonyl (C=O) groups is 1. The third-order valence-electron chi connectivity index (χ3n) is 7.05. The molecular formula is C31H43NO5Si. The van der Waals surface area contributed by atoms with Crippen LogP contribution >= 0.6 is 0 Å². The van der Waals surface area contributed by atoms with Gasteiger partial charge in [0.1, 0.15) is 29.9 Å². The van der Waals surface area contributed by atoms with Crippen LogP contribution in [0.25, 0.3) is 11.3 Å². The molecule has 7 heteroatoms. The predicted octanol–water partition coefficient (Wildman–Crippen LogP) is 8.01. The molecule has 0 unspecified atom stereocenters. The van der Waals surface area contributed by atoms with Gasteiger partial charge in [-0.15, -0.1) is 0 Å². The monoisotopic (exact) mass is 537 g/mol. The van der Waals surface area contributed by atoms with Crippen LogP contribution in [0.15, 0.2) is 60.7 Å². The number of nitrogens with one attached hydrogen (secondary N) is 1. The van der Waals surface area contributed by atoms with Crippen molar-refractivity contribution >= 4 is 14.3 Å². The van der Waals surface area contributed by atoms with Crippen LogP contribution in [0.3, 0.4) is 0 Å². The van der Waals surface area contributed by atoms with E-state index >= 15 is 0 Å². The van der Waals surface area contributed by atoms with Gasteiger partial charge in [0.2, 0.25) is 0 Å². The Labute approximate surface area is 228 Å². The molecule has 0 aliphatic rings. The number of methoxy groups -OCH3 is 1. The number of hydrogen-bond acceptors (Lipinski definition) is 5. The van der Waals surface area contributed by atoms with E-state index in [1.165, 1.54) is 0 Å². The Morgan fingerprint density at radius 3 is 2.08 bits per heavy atom. The zero-order valence-electron chi connectivity index (χ0n) is 24.0. The van der Waals surface area contributed by atoms with Crippen LogP contribution in [-0.4, -0.2) is 39.1 Å². The second-order valence-corrected chi connectivity index (χ2v) is 16.2. The van der Waals surface area contributed by atoms with Crippen molar-refractivity contribution in [3.05, 3.63) is 71.9 Å². The van der Waals surface area contributed by atoms with Crippen LogP contribution < -0.4 is 9.16 Å². The van der Waals surface area contributed by atoms with E-state index in [2.05, 4.69) is 46.5 Å². The maximum absolute atomic E-state index is 12.7. The topological polar surface area (TPSA) is 69.8 Å². The van der Waals surface area contributed by atoms with E-state index in [-0.39, 0.29) is 12.7 Å². The van der Waals surface area contributed by atoms with Gasteiger partial charge in [-0.05, 0) is 53.4 Å². The number of hydrogen-bond donors (Lipinski definition) is 1. The largest absolute Gasteiger partial charge is 0.543 e. The van der Waals surface area contributed by atoms with Crippen molar-refractivity contribution in [1.82, 2.24) is 4.98 Å². The molecule has 0 radical (unpaired) electrons. The molecule has 0 aliphatic heterocycles. The maximum atomic E-state index is 12.7. The summed E-state index contributed by atoms with van der Waals surface area (Å²) < 4.78 is 24.0. The summed E-state index contributed by atoms with van der Waals surface area (Å²) in [5.41, 5.74) is 4.30. The Balaban J connectivity index is 1.93. The number of carbonyl (C=O) groups excluding carboxylic acids is 1. The third kappa shape index (κ3) is 7.08. The van der Waals surface area contributed by atoms with Crippen LogP contribution in [0, 0.1) is 0 Å². The molecule has 0 saturated carbocycles. The highest BCUT2D eigenvalue weighted by molar-refractivity contribution is 6.78. The fourth-order valence-electron chi connectivity index (χ4n) is 5.40. The second kappa shape index (κ2) is 13.2. The average molecular weight is 538 g/mol. The molecule has 0 amide bonds. The van der Waals surface area contributed by atoms with Crippen molar-refractivity contribution in [3.8, 4) is 22.8 Å². The molecule has 0 spiro atoms. The summed E-state index contributed by atoms with van der Waals surface area (Å²) in [5.74, 6) is 1.08. The van der Waals surface area contributed by atoms with Crippen LogP contribution in [0.5, 0.6) is 11.5 Å². The van der Waals surface area contributed by atoms with Gasteiger partial charge in [0.05, 0.1) is 6.61 Å². The molecule has 0 bridgehead atoms. The number of rotatable bonds is 13. The molecule has 38 heavy (non-hydrogen) atoms. The van der Waals surface area contributed by atoms with Gasteiger partial charge >= 0.3 is 5.97 Å². The van der Waals surface area contributed by atoms with Gasteiger partial charge in [-0.25, -0.2) is 4.79 Å². The minimum Gasteiger partial charge on any atom is -0.543 e. The lowest BCUT2D eigenvalue weighted by atomic mass is 10.1. The summed E-state index contributed by atoms with van der Waals surface area (Å²) in [6.07, 6.45) is -0.127. The van der Waals surface area contributed by atoms with Crippen molar-refractivity contribution in [1.29, 1.82) is 0 Å². The molecule has 3 aromatic rings. The highest BCUT2D eigenvalue weighted by atomic mass is 28.4. The van der Waals surface area contributed by atoms with Crippen LogP contribution in [0.2, 0.25) is 16.6 Å². The van der Waals surface area contributed by atoms with E-state index in [1.54, 1.807) is 13.2 Å². The smallest absolute Gasteiger partial charge is 0.355 e. The van der Waals surface area contributed by atoms with Gasteiger partial charge in [-0.1, -0.05) is 71.9 Å². The minimum absolute atomic E-state index is 0.127. The van der Waals surface area contributed by atoms with Gasteiger partial charge in [0, 0.05) is 24.4 Å². The van der Waals surface area contributed by atoms with Crippen molar-refractivity contribution in [2.75, 3.05) is 13.7 Å². The van der Waals surface area contributed by atoms with Gasteiger partial charge < -0.3 is 23.6 Å². The van der Waals surface area contributed by atoms with Crippen LogP contribution in [-0.2, 0) is 16.1 Å². The van der Waals surface area contributed by atoms with Crippen molar-refractivity contribution in [2.45, 2.75) is 77.8 Å². The second-order valence-electron chi connectivity index (χ2n) is 10.8. The number of esters is 1. The van der Waals surface area contributed by atoms with Crippen molar-refractivity contribution in [3.63, 3.8) is 0 Å². The third-order valence-corrected chi connectivity index (χ3v) is 13.1. The standard InChI is InChI=1S/C31H43NO5Si/c1-21(2)38(22(3)4,23(5)6)37-28-17-26(16-27(18-28)36-24(7)19-34-8)29-14-15-30(32-29)31(33)35-20-25-12-10-9-11-13-25/h9-18,21-24,32H,19-20H2,1-8H3/t24-/m0/s1. The average Bonchev–Trinajstić information content (AvgIpc) is 3.36. The summed E-state index contributed by atoms with van der Waals surface area (Å²) >= 11 is 0. The molecule has 0 fully saturated rings. The predicted molar refractivity (Wildman–Crippen MR) is 155 cm³/mol. The molecule has 1 heterocycles. The van der Waals surface area contributed by atoms with Crippen molar-refractivity contribution < 1.29 is 23.4 Å². The van der Waals surface area contributed by atoms with Gasteiger partial charge in [-0.2, -0.15) is 0 Å². The first-order valence-corrected chi connectivity index (χ1v) is 15.6. The summed E-state index contributed by atoms with van der Waals surface area (Å²) in [7, 11) is -0.528. The summed E-state index contributed by atoms with van der Waals surface area (Å²) in [6.45, 7) is 16.3. The Morgan fingerprint density at radius 1 is 0.842 bits per heavy atom. The fourth-order valence-corrected chi connectivity index (χ4v) is 10.6. The Bertz CT molecular complexity index is 1150. The molecule has 0 aliphatic carbocycles. The lowest BCUT2D eigenvalue weighted by molar-refractivity contribution is 0.0466. The Hall–Kier alpha value is -3.03. The summed E-state index contributed by atoms with van der Waals surface area (Å²) in [5, 5.41) is 0. The highest BCUT2D eigenvalue weighted by Crippen LogP contribution is 2.44. The van der Waals surface area contributed by atoms with E-state index in [1.807, 2.05) is 61.5 Å². The molecule has 1 N–H and O–H groups in total. The Morgan fingerprint density at radius 2 is 1.47 bits per heavy atom. The molecular weight excluding hydrogens is 494 g/mol. The number of ether oxygens (including phenoxy) is 3. The highest BCUT2D eigenvalue weighted by Gasteiger charge is 2.47. The minimum atomic E-state index is -2.19. The van der Waals surface area contributed by atoms with Gasteiger partial charge in [0.25, 0.3) is 8.32 Å². The molecule has 2 aromatic carbocycles. The molecule has 206 valence electrons. The lowest BCUT2D eigenvalue weighted by Crippen LogP contribution is -2.50. The zero-order valence-corrected chi connectivity index (χ0v) is 25.0. The molecule has 1 atom stereocenters. The van der Waals surface area contributed by atoms with Crippen LogP contribution in [0.1, 0.15) is 64.5 Å². The molecule has 0 saturated heterocycles. The van der Waals surface area contributed by atoms with E-state index in [4.69, 9.17) is 18.6 Å². The first-order chi connectivity index (χ1) is 18.1.